The van der Waals surface area contributed by atoms with E-state index in [0.29, 0.717) is 18.0 Å². The second-order valence-corrected chi connectivity index (χ2v) is 5.17. The summed E-state index contributed by atoms with van der Waals surface area (Å²) < 4.78 is 5.64. The van der Waals surface area contributed by atoms with Crippen molar-refractivity contribution in [2.45, 2.75) is 39.0 Å². The van der Waals surface area contributed by atoms with E-state index in [4.69, 9.17) is 9.94 Å². The average Bonchev–Trinajstić information content (AvgIpc) is 2.52. The molecule has 0 fully saturated rings. The number of rotatable bonds is 6. The summed E-state index contributed by atoms with van der Waals surface area (Å²) in [6, 6.07) is 5.65. The number of hydrogen-bond acceptors (Lipinski definition) is 4. The molecule has 0 unspecified atom stereocenters. The van der Waals surface area contributed by atoms with Crippen molar-refractivity contribution in [1.82, 2.24) is 5.32 Å². The van der Waals surface area contributed by atoms with E-state index in [2.05, 4.69) is 17.4 Å². The van der Waals surface area contributed by atoms with Crippen molar-refractivity contribution >= 4 is 11.6 Å². The Morgan fingerprint density at radius 2 is 2.29 bits per heavy atom. The Labute approximate surface area is 125 Å². The summed E-state index contributed by atoms with van der Waals surface area (Å²) >= 11 is 0. The first kappa shape index (κ1) is 15.4. The van der Waals surface area contributed by atoms with E-state index < -0.39 is 0 Å². The number of oxime groups is 1. The van der Waals surface area contributed by atoms with E-state index in [-0.39, 0.29) is 12.5 Å². The molecule has 1 aromatic rings. The molecule has 5 nitrogen and oxygen atoms in total. The summed E-state index contributed by atoms with van der Waals surface area (Å²) in [5.41, 5.74) is 2.64. The van der Waals surface area contributed by atoms with Crippen molar-refractivity contribution in [3.8, 4) is 5.75 Å². The Balaban J connectivity index is 2.00. The predicted octanol–water partition coefficient (Wildman–Crippen LogP) is 2.50. The maximum atomic E-state index is 11.7. The molecule has 1 amide bonds. The van der Waals surface area contributed by atoms with Crippen molar-refractivity contribution in [2.75, 3.05) is 13.2 Å². The summed E-state index contributed by atoms with van der Waals surface area (Å²) in [6.45, 7) is 2.79. The Hall–Kier alpha value is -2.04. The third-order valence-electron chi connectivity index (χ3n) is 3.62. The van der Waals surface area contributed by atoms with Crippen LogP contribution in [0.1, 0.15) is 43.7 Å². The molecular weight excluding hydrogens is 268 g/mol. The first-order valence-corrected chi connectivity index (χ1v) is 7.49. The molecule has 0 saturated carbocycles. The minimum absolute atomic E-state index is 0.0196. The predicted molar refractivity (Wildman–Crippen MR) is 81.1 cm³/mol. The lowest BCUT2D eigenvalue weighted by molar-refractivity contribution is -0.123. The molecule has 0 heterocycles. The SMILES string of the molecule is CCCCNC(=O)COc1cccc2c1CCCC2=NO. The van der Waals surface area contributed by atoms with Crippen molar-refractivity contribution in [3.63, 3.8) is 0 Å². The van der Waals surface area contributed by atoms with Gasteiger partial charge in [-0.15, -0.1) is 0 Å². The molecule has 0 radical (unpaired) electrons. The second-order valence-electron chi connectivity index (χ2n) is 5.17. The summed E-state index contributed by atoms with van der Waals surface area (Å²) in [5.74, 6) is 0.604. The molecule has 1 aliphatic carbocycles. The monoisotopic (exact) mass is 290 g/mol. The van der Waals surface area contributed by atoms with E-state index in [0.717, 1.165) is 43.2 Å². The van der Waals surface area contributed by atoms with Gasteiger partial charge >= 0.3 is 0 Å². The third-order valence-corrected chi connectivity index (χ3v) is 3.62. The summed E-state index contributed by atoms with van der Waals surface area (Å²) in [6.07, 6.45) is 4.60. The number of amides is 1. The molecule has 21 heavy (non-hydrogen) atoms. The van der Waals surface area contributed by atoms with Gasteiger partial charge in [0.25, 0.3) is 5.91 Å². The highest BCUT2D eigenvalue weighted by molar-refractivity contribution is 6.02. The zero-order valence-corrected chi connectivity index (χ0v) is 12.4. The molecule has 0 bridgehead atoms. The van der Waals surface area contributed by atoms with Gasteiger partial charge in [0.2, 0.25) is 0 Å². The fraction of sp³-hybridized carbons (Fsp3) is 0.500. The molecule has 1 aromatic carbocycles. The van der Waals surface area contributed by atoms with Gasteiger partial charge in [0.05, 0.1) is 5.71 Å². The number of nitrogens with zero attached hydrogens (tertiary/aromatic N) is 1. The molecule has 5 heteroatoms. The van der Waals surface area contributed by atoms with Gasteiger partial charge in [-0.05, 0) is 31.7 Å². The Morgan fingerprint density at radius 1 is 1.43 bits per heavy atom. The summed E-state index contributed by atoms with van der Waals surface area (Å²) in [7, 11) is 0. The van der Waals surface area contributed by atoms with E-state index in [9.17, 15) is 4.79 Å². The standard InChI is InChI=1S/C16H22N2O3/c1-2-3-10-17-16(19)11-21-15-9-5-6-12-13(15)7-4-8-14(12)18-20/h5-6,9,20H,2-4,7-8,10-11H2,1H3,(H,17,19). The highest BCUT2D eigenvalue weighted by atomic mass is 16.5. The molecule has 0 aromatic heterocycles. The van der Waals surface area contributed by atoms with Crippen molar-refractivity contribution < 1.29 is 14.7 Å². The molecule has 114 valence electrons. The van der Waals surface area contributed by atoms with Gasteiger partial charge in [-0.2, -0.15) is 0 Å². The highest BCUT2D eigenvalue weighted by Crippen LogP contribution is 2.29. The maximum Gasteiger partial charge on any atom is 0.257 e. The lowest BCUT2D eigenvalue weighted by Gasteiger charge is -2.20. The van der Waals surface area contributed by atoms with Crippen LogP contribution in [0.15, 0.2) is 23.4 Å². The zero-order chi connectivity index (χ0) is 15.1. The summed E-state index contributed by atoms with van der Waals surface area (Å²) in [5, 5.41) is 15.2. The number of hydrogen-bond donors (Lipinski definition) is 2. The number of fused-ring (bicyclic) bond motifs is 1. The average molecular weight is 290 g/mol. The Bertz CT molecular complexity index is 526. The van der Waals surface area contributed by atoms with Crippen LogP contribution in [0, 0.1) is 0 Å². The fourth-order valence-corrected chi connectivity index (χ4v) is 2.50. The van der Waals surface area contributed by atoms with Crippen LogP contribution in [0.25, 0.3) is 0 Å². The van der Waals surface area contributed by atoms with Crippen LogP contribution < -0.4 is 10.1 Å². The number of nitrogens with one attached hydrogen (secondary N) is 1. The third kappa shape index (κ3) is 3.97. The zero-order valence-electron chi connectivity index (χ0n) is 12.4. The molecule has 2 rings (SSSR count). The van der Waals surface area contributed by atoms with Gasteiger partial charge in [0.15, 0.2) is 6.61 Å². The lowest BCUT2D eigenvalue weighted by Crippen LogP contribution is -2.30. The largest absolute Gasteiger partial charge is 0.483 e. The summed E-state index contributed by atoms with van der Waals surface area (Å²) in [4.78, 5) is 11.7. The molecule has 0 aliphatic heterocycles. The van der Waals surface area contributed by atoms with Crippen LogP contribution in [-0.2, 0) is 11.2 Å². The second kappa shape index (κ2) is 7.67. The molecule has 0 saturated heterocycles. The number of carbonyl (C=O) groups is 1. The van der Waals surface area contributed by atoms with Gasteiger partial charge in [-0.25, -0.2) is 0 Å². The van der Waals surface area contributed by atoms with Gasteiger partial charge in [0.1, 0.15) is 5.75 Å². The fourth-order valence-electron chi connectivity index (χ4n) is 2.50. The molecule has 0 spiro atoms. The number of benzene rings is 1. The van der Waals surface area contributed by atoms with Crippen LogP contribution in [0.5, 0.6) is 5.75 Å². The van der Waals surface area contributed by atoms with Crippen molar-refractivity contribution in [2.24, 2.45) is 5.16 Å². The van der Waals surface area contributed by atoms with Crippen LogP contribution in [0.3, 0.4) is 0 Å². The Morgan fingerprint density at radius 3 is 3.05 bits per heavy atom. The minimum atomic E-state index is -0.104. The van der Waals surface area contributed by atoms with Gasteiger partial charge < -0.3 is 15.3 Å². The van der Waals surface area contributed by atoms with Crippen LogP contribution in [-0.4, -0.2) is 30.0 Å². The van der Waals surface area contributed by atoms with Crippen molar-refractivity contribution in [1.29, 1.82) is 0 Å². The van der Waals surface area contributed by atoms with Crippen molar-refractivity contribution in [3.05, 3.63) is 29.3 Å². The number of carbonyl (C=O) groups excluding carboxylic acids is 1. The van der Waals surface area contributed by atoms with Crippen LogP contribution in [0.2, 0.25) is 0 Å². The molecular formula is C16H22N2O3. The normalized spacial score (nSPS) is 15.6. The van der Waals surface area contributed by atoms with E-state index in [1.165, 1.54) is 0 Å². The van der Waals surface area contributed by atoms with Crippen LogP contribution >= 0.6 is 0 Å². The topological polar surface area (TPSA) is 70.9 Å². The smallest absolute Gasteiger partial charge is 0.257 e. The molecule has 0 atom stereocenters. The highest BCUT2D eigenvalue weighted by Gasteiger charge is 2.19. The molecule has 1 aliphatic rings. The quantitative estimate of drug-likeness (QED) is 0.480. The minimum Gasteiger partial charge on any atom is -0.483 e. The maximum absolute atomic E-state index is 11.7. The molecule has 2 N–H and O–H groups in total. The van der Waals surface area contributed by atoms with E-state index >= 15 is 0 Å². The first-order chi connectivity index (χ1) is 10.3. The Kier molecular flexibility index (Phi) is 5.60. The first-order valence-electron chi connectivity index (χ1n) is 7.49. The van der Waals surface area contributed by atoms with Crippen LogP contribution in [0.4, 0.5) is 0 Å². The van der Waals surface area contributed by atoms with Gasteiger partial charge in [0, 0.05) is 17.7 Å². The van der Waals surface area contributed by atoms with Gasteiger partial charge in [-0.3, -0.25) is 4.79 Å². The van der Waals surface area contributed by atoms with Gasteiger partial charge in [-0.1, -0.05) is 30.6 Å². The lowest BCUT2D eigenvalue weighted by atomic mass is 9.89. The van der Waals surface area contributed by atoms with E-state index in [1.54, 1.807) is 0 Å². The number of ether oxygens (including phenoxy) is 1. The number of unbranched alkanes of at least 4 members (excludes halogenated alkanes) is 1. The van der Waals surface area contributed by atoms with E-state index in [1.807, 2.05) is 18.2 Å².